The number of hydrogen-bond acceptors (Lipinski definition) is 2. The van der Waals surface area contributed by atoms with Crippen LogP contribution in [0.1, 0.15) is 18.4 Å². The van der Waals surface area contributed by atoms with Crippen LogP contribution >= 0.6 is 0 Å². The molecular weight excluding hydrogens is 271 g/mol. The van der Waals surface area contributed by atoms with Crippen LogP contribution in [0.25, 0.3) is 0 Å². The van der Waals surface area contributed by atoms with Gasteiger partial charge in [0.05, 0.1) is 6.42 Å². The molecule has 110 valence electrons. The third-order valence-electron chi connectivity index (χ3n) is 3.56. The van der Waals surface area contributed by atoms with E-state index >= 15 is 0 Å². The third-order valence-corrected chi connectivity index (χ3v) is 3.56. The van der Waals surface area contributed by atoms with Crippen molar-refractivity contribution in [1.29, 1.82) is 0 Å². The van der Waals surface area contributed by atoms with Gasteiger partial charge in [0.15, 0.2) is 11.6 Å². The maximum atomic E-state index is 13.5. The summed E-state index contributed by atoms with van der Waals surface area (Å²) < 4.78 is 39.4. The average Bonchev–Trinajstić information content (AvgIpc) is 2.44. The van der Waals surface area contributed by atoms with Crippen molar-refractivity contribution in [2.24, 2.45) is 5.92 Å². The highest BCUT2D eigenvalue weighted by atomic mass is 19.2. The summed E-state index contributed by atoms with van der Waals surface area (Å²) in [6, 6.07) is 1.17. The van der Waals surface area contributed by atoms with Crippen LogP contribution in [-0.4, -0.2) is 35.6 Å². The molecule has 1 N–H and O–H groups in total. The first-order valence-corrected chi connectivity index (χ1v) is 6.53. The lowest BCUT2D eigenvalue weighted by molar-refractivity contribution is -0.132. The van der Waals surface area contributed by atoms with E-state index < -0.39 is 17.5 Å². The molecule has 1 heterocycles. The van der Waals surface area contributed by atoms with Crippen molar-refractivity contribution < 1.29 is 23.1 Å². The van der Waals surface area contributed by atoms with E-state index in [1.807, 2.05) is 0 Å². The van der Waals surface area contributed by atoms with Crippen LogP contribution in [0.15, 0.2) is 12.1 Å². The van der Waals surface area contributed by atoms with Gasteiger partial charge in [-0.3, -0.25) is 4.79 Å². The number of likely N-dealkylation sites (tertiary alicyclic amines) is 1. The SMILES string of the molecule is O=C(Cc1cc(F)c(F)cc1F)N1CCCC(CO)C1. The predicted molar refractivity (Wildman–Crippen MR) is 66.4 cm³/mol. The Hall–Kier alpha value is -1.56. The minimum Gasteiger partial charge on any atom is -0.396 e. The summed E-state index contributed by atoms with van der Waals surface area (Å²) >= 11 is 0. The number of nitrogens with zero attached hydrogens (tertiary/aromatic N) is 1. The Kier molecular flexibility index (Phi) is 4.65. The Morgan fingerprint density at radius 3 is 2.65 bits per heavy atom. The molecule has 0 aromatic heterocycles. The van der Waals surface area contributed by atoms with E-state index in [1.165, 1.54) is 4.90 Å². The molecule has 0 aliphatic carbocycles. The number of carbonyl (C=O) groups excluding carboxylic acids is 1. The molecule has 1 aliphatic heterocycles. The second kappa shape index (κ2) is 6.26. The number of carbonyl (C=O) groups is 1. The first-order valence-electron chi connectivity index (χ1n) is 6.53. The fraction of sp³-hybridized carbons (Fsp3) is 0.500. The van der Waals surface area contributed by atoms with E-state index in [4.69, 9.17) is 5.11 Å². The lowest BCUT2D eigenvalue weighted by Gasteiger charge is -2.32. The van der Waals surface area contributed by atoms with E-state index in [0.29, 0.717) is 19.2 Å². The van der Waals surface area contributed by atoms with Crippen molar-refractivity contribution in [3.05, 3.63) is 35.1 Å². The Labute approximate surface area is 115 Å². The molecule has 1 atom stereocenters. The van der Waals surface area contributed by atoms with Gasteiger partial charge in [-0.05, 0) is 24.8 Å². The van der Waals surface area contributed by atoms with Crippen LogP contribution in [0.4, 0.5) is 13.2 Å². The molecular formula is C14H16F3NO2. The molecule has 6 heteroatoms. The Morgan fingerprint density at radius 1 is 1.25 bits per heavy atom. The standard InChI is InChI=1S/C14H16F3NO2/c15-11-6-13(17)12(16)4-10(11)5-14(20)18-3-1-2-9(7-18)8-19/h4,6,9,19H,1-3,5,7-8H2. The molecule has 1 unspecified atom stereocenters. The Balaban J connectivity index is 2.06. The van der Waals surface area contributed by atoms with Gasteiger partial charge in [-0.25, -0.2) is 13.2 Å². The van der Waals surface area contributed by atoms with Crippen molar-refractivity contribution in [2.45, 2.75) is 19.3 Å². The van der Waals surface area contributed by atoms with Crippen molar-refractivity contribution in [2.75, 3.05) is 19.7 Å². The number of halogens is 3. The summed E-state index contributed by atoms with van der Waals surface area (Å²) in [5, 5.41) is 9.10. The number of rotatable bonds is 3. The van der Waals surface area contributed by atoms with Crippen molar-refractivity contribution in [3.8, 4) is 0 Å². The lowest BCUT2D eigenvalue weighted by atomic mass is 9.98. The van der Waals surface area contributed by atoms with E-state index in [2.05, 4.69) is 0 Å². The Bertz CT molecular complexity index is 507. The van der Waals surface area contributed by atoms with Crippen molar-refractivity contribution >= 4 is 5.91 Å². The zero-order valence-corrected chi connectivity index (χ0v) is 10.9. The van der Waals surface area contributed by atoms with Crippen LogP contribution in [0.5, 0.6) is 0 Å². The van der Waals surface area contributed by atoms with E-state index in [1.54, 1.807) is 0 Å². The highest BCUT2D eigenvalue weighted by Crippen LogP contribution is 2.19. The topological polar surface area (TPSA) is 40.5 Å². The van der Waals surface area contributed by atoms with Crippen LogP contribution in [0, 0.1) is 23.4 Å². The number of amides is 1. The molecule has 1 aromatic carbocycles. The van der Waals surface area contributed by atoms with Gasteiger partial charge >= 0.3 is 0 Å². The van der Waals surface area contributed by atoms with Gasteiger partial charge in [0.2, 0.25) is 5.91 Å². The predicted octanol–water partition coefficient (Wildman–Crippen LogP) is 1.88. The number of hydrogen-bond donors (Lipinski definition) is 1. The third kappa shape index (κ3) is 3.30. The monoisotopic (exact) mass is 287 g/mol. The van der Waals surface area contributed by atoms with Crippen molar-refractivity contribution in [3.63, 3.8) is 0 Å². The van der Waals surface area contributed by atoms with Gasteiger partial charge < -0.3 is 10.0 Å². The second-order valence-corrected chi connectivity index (χ2v) is 5.07. The molecule has 1 amide bonds. The maximum Gasteiger partial charge on any atom is 0.227 e. The summed E-state index contributed by atoms with van der Waals surface area (Å²) in [7, 11) is 0. The molecule has 0 radical (unpaired) electrons. The first kappa shape index (κ1) is 14.8. The molecule has 0 bridgehead atoms. The smallest absolute Gasteiger partial charge is 0.227 e. The normalized spacial score (nSPS) is 19.2. The molecule has 1 fully saturated rings. The fourth-order valence-electron chi connectivity index (χ4n) is 2.41. The number of aliphatic hydroxyl groups excluding tert-OH is 1. The largest absolute Gasteiger partial charge is 0.396 e. The van der Waals surface area contributed by atoms with E-state index in [-0.39, 0.29) is 30.4 Å². The molecule has 1 aliphatic rings. The molecule has 20 heavy (non-hydrogen) atoms. The fourth-order valence-corrected chi connectivity index (χ4v) is 2.41. The summed E-state index contributed by atoms with van der Waals surface area (Å²) in [5.74, 6) is -3.67. The van der Waals surface area contributed by atoms with Gasteiger partial charge in [0.1, 0.15) is 5.82 Å². The molecule has 3 nitrogen and oxygen atoms in total. The van der Waals surface area contributed by atoms with Crippen LogP contribution in [0.2, 0.25) is 0 Å². The molecule has 1 aromatic rings. The van der Waals surface area contributed by atoms with Gasteiger partial charge in [0, 0.05) is 31.3 Å². The maximum absolute atomic E-state index is 13.5. The second-order valence-electron chi connectivity index (χ2n) is 5.07. The summed E-state index contributed by atoms with van der Waals surface area (Å²) in [4.78, 5) is 13.6. The number of aliphatic hydroxyl groups is 1. The van der Waals surface area contributed by atoms with E-state index in [9.17, 15) is 18.0 Å². The molecule has 2 rings (SSSR count). The van der Waals surface area contributed by atoms with E-state index in [0.717, 1.165) is 18.9 Å². The number of benzene rings is 1. The average molecular weight is 287 g/mol. The van der Waals surface area contributed by atoms with Gasteiger partial charge in [-0.2, -0.15) is 0 Å². The summed E-state index contributed by atoms with van der Waals surface area (Å²) in [5.41, 5.74) is -0.153. The zero-order valence-electron chi connectivity index (χ0n) is 10.9. The molecule has 0 saturated carbocycles. The minimum atomic E-state index is -1.27. The van der Waals surface area contributed by atoms with Gasteiger partial charge in [0.25, 0.3) is 0 Å². The highest BCUT2D eigenvalue weighted by Gasteiger charge is 2.24. The van der Waals surface area contributed by atoms with Gasteiger partial charge in [-0.15, -0.1) is 0 Å². The minimum absolute atomic E-state index is 0.00329. The van der Waals surface area contributed by atoms with Crippen LogP contribution in [-0.2, 0) is 11.2 Å². The zero-order chi connectivity index (χ0) is 14.7. The summed E-state index contributed by atoms with van der Waals surface area (Å²) in [6.45, 7) is 0.963. The van der Waals surface area contributed by atoms with Crippen molar-refractivity contribution in [1.82, 2.24) is 4.90 Å². The number of piperidine rings is 1. The van der Waals surface area contributed by atoms with Crippen LogP contribution in [0.3, 0.4) is 0 Å². The quantitative estimate of drug-likeness (QED) is 0.862. The lowest BCUT2D eigenvalue weighted by Crippen LogP contribution is -2.41. The molecule has 1 saturated heterocycles. The first-order chi connectivity index (χ1) is 9.51. The highest BCUT2D eigenvalue weighted by molar-refractivity contribution is 5.79. The summed E-state index contributed by atoms with van der Waals surface area (Å²) in [6.07, 6.45) is 1.32. The van der Waals surface area contributed by atoms with Gasteiger partial charge in [-0.1, -0.05) is 0 Å². The van der Waals surface area contributed by atoms with Crippen LogP contribution < -0.4 is 0 Å². The Morgan fingerprint density at radius 2 is 1.95 bits per heavy atom. The molecule has 0 spiro atoms.